The van der Waals surface area contributed by atoms with Gasteiger partial charge < -0.3 is 0 Å². The van der Waals surface area contributed by atoms with Crippen molar-refractivity contribution >= 4 is 21.7 Å². The summed E-state index contributed by atoms with van der Waals surface area (Å²) in [6.07, 6.45) is 2.46. The predicted octanol–water partition coefficient (Wildman–Crippen LogP) is 1.21. The summed E-state index contributed by atoms with van der Waals surface area (Å²) in [6.45, 7) is 0. The standard InChI is InChI=1S/C13H13NO4S/c1-19(17,18)13(7-4-8-13)14-11(15)9-5-2-3-6-10(9)12(14)16/h2-3,5-6H,4,7-8H2,1H3. The Morgan fingerprint density at radius 3 is 1.84 bits per heavy atom. The summed E-state index contributed by atoms with van der Waals surface area (Å²) in [6, 6.07) is 6.46. The number of sulfone groups is 1. The summed E-state index contributed by atoms with van der Waals surface area (Å²) in [5.74, 6) is -0.989. The molecule has 0 unspecified atom stereocenters. The highest BCUT2D eigenvalue weighted by Gasteiger charge is 2.58. The maximum absolute atomic E-state index is 12.3. The van der Waals surface area contributed by atoms with Gasteiger partial charge in [0.15, 0.2) is 14.7 Å². The lowest BCUT2D eigenvalue weighted by atomic mass is 9.90. The van der Waals surface area contributed by atoms with Gasteiger partial charge in [0.2, 0.25) is 0 Å². The van der Waals surface area contributed by atoms with E-state index in [0.717, 1.165) is 11.2 Å². The first-order valence-electron chi connectivity index (χ1n) is 6.06. The van der Waals surface area contributed by atoms with Gasteiger partial charge in [-0.1, -0.05) is 12.1 Å². The smallest absolute Gasteiger partial charge is 0.262 e. The summed E-state index contributed by atoms with van der Waals surface area (Å²) in [5, 5.41) is 0. The monoisotopic (exact) mass is 279 g/mol. The number of nitrogens with zero attached hydrogens (tertiary/aromatic N) is 1. The van der Waals surface area contributed by atoms with Crippen molar-refractivity contribution in [2.45, 2.75) is 24.1 Å². The van der Waals surface area contributed by atoms with Gasteiger partial charge in [0.25, 0.3) is 11.8 Å². The fourth-order valence-corrected chi connectivity index (χ4v) is 4.33. The van der Waals surface area contributed by atoms with Gasteiger partial charge in [0, 0.05) is 6.26 Å². The van der Waals surface area contributed by atoms with Gasteiger partial charge in [-0.2, -0.15) is 0 Å². The third kappa shape index (κ3) is 1.43. The number of benzene rings is 1. The molecule has 3 rings (SSSR count). The number of fused-ring (bicyclic) bond motifs is 1. The molecular formula is C13H13NO4S. The van der Waals surface area contributed by atoms with Crippen molar-refractivity contribution in [3.05, 3.63) is 35.4 Å². The summed E-state index contributed by atoms with van der Waals surface area (Å²) in [5.41, 5.74) is 0.588. The van der Waals surface area contributed by atoms with Gasteiger partial charge in [0.1, 0.15) is 0 Å². The van der Waals surface area contributed by atoms with E-state index < -0.39 is 26.5 Å². The fraction of sp³-hybridized carbons (Fsp3) is 0.385. The summed E-state index contributed by atoms with van der Waals surface area (Å²) in [7, 11) is -3.51. The number of carbonyl (C=O) groups excluding carboxylic acids is 2. The van der Waals surface area contributed by atoms with E-state index in [-0.39, 0.29) is 0 Å². The van der Waals surface area contributed by atoms with Crippen molar-refractivity contribution in [1.82, 2.24) is 4.90 Å². The van der Waals surface area contributed by atoms with Crippen LogP contribution in [-0.2, 0) is 9.84 Å². The lowest BCUT2D eigenvalue weighted by Crippen LogP contribution is -2.60. The van der Waals surface area contributed by atoms with Crippen LogP contribution < -0.4 is 0 Å². The van der Waals surface area contributed by atoms with Crippen LogP contribution in [0, 0.1) is 0 Å². The van der Waals surface area contributed by atoms with E-state index in [4.69, 9.17) is 0 Å². The van der Waals surface area contributed by atoms with E-state index in [1.54, 1.807) is 24.3 Å². The Labute approximate surface area is 111 Å². The van der Waals surface area contributed by atoms with E-state index in [2.05, 4.69) is 0 Å². The van der Waals surface area contributed by atoms with E-state index in [0.29, 0.717) is 30.4 Å². The average Bonchev–Trinajstić information content (AvgIpc) is 2.52. The second kappa shape index (κ2) is 3.66. The molecule has 2 amide bonds. The molecule has 1 fully saturated rings. The minimum absolute atomic E-state index is 0.294. The SMILES string of the molecule is CS(=O)(=O)C1(N2C(=O)c3ccccc3C2=O)CCC1. The molecule has 1 aromatic carbocycles. The normalized spacial score (nSPS) is 21.2. The zero-order valence-corrected chi connectivity index (χ0v) is 11.2. The molecule has 0 spiro atoms. The second-order valence-corrected chi connectivity index (χ2v) is 7.37. The molecule has 0 radical (unpaired) electrons. The van der Waals surface area contributed by atoms with Crippen molar-refractivity contribution in [3.63, 3.8) is 0 Å². The number of rotatable bonds is 2. The van der Waals surface area contributed by atoms with Crippen LogP contribution in [0.15, 0.2) is 24.3 Å². The van der Waals surface area contributed by atoms with Crippen molar-refractivity contribution in [1.29, 1.82) is 0 Å². The number of carbonyl (C=O) groups is 2. The summed E-state index contributed by atoms with van der Waals surface area (Å²) >= 11 is 0. The van der Waals surface area contributed by atoms with Gasteiger partial charge >= 0.3 is 0 Å². The highest BCUT2D eigenvalue weighted by Crippen LogP contribution is 2.45. The number of imide groups is 1. The molecule has 0 aromatic heterocycles. The maximum atomic E-state index is 12.3. The molecule has 0 atom stereocenters. The average molecular weight is 279 g/mol. The second-order valence-electron chi connectivity index (χ2n) is 5.06. The van der Waals surface area contributed by atoms with E-state index >= 15 is 0 Å². The largest absolute Gasteiger partial charge is 0.269 e. The Kier molecular flexibility index (Phi) is 2.38. The molecule has 1 heterocycles. The van der Waals surface area contributed by atoms with Crippen LogP contribution in [0.3, 0.4) is 0 Å². The first kappa shape index (κ1) is 12.3. The molecular weight excluding hydrogens is 266 g/mol. The van der Waals surface area contributed by atoms with Crippen molar-refractivity contribution in [2.24, 2.45) is 0 Å². The van der Waals surface area contributed by atoms with Crippen LogP contribution >= 0.6 is 0 Å². The third-order valence-corrected chi connectivity index (χ3v) is 6.00. The minimum atomic E-state index is -3.51. The summed E-state index contributed by atoms with van der Waals surface area (Å²) < 4.78 is 24.0. The maximum Gasteiger partial charge on any atom is 0.262 e. The number of hydrogen-bond acceptors (Lipinski definition) is 4. The molecule has 0 saturated heterocycles. The van der Waals surface area contributed by atoms with Crippen LogP contribution in [0.2, 0.25) is 0 Å². The predicted molar refractivity (Wildman–Crippen MR) is 68.4 cm³/mol. The molecule has 2 aliphatic rings. The Morgan fingerprint density at radius 2 is 1.53 bits per heavy atom. The van der Waals surface area contributed by atoms with Gasteiger partial charge in [-0.25, -0.2) is 8.42 Å². The van der Waals surface area contributed by atoms with Crippen LogP contribution in [0.1, 0.15) is 40.0 Å². The highest BCUT2D eigenvalue weighted by molar-refractivity contribution is 7.92. The Morgan fingerprint density at radius 1 is 1.05 bits per heavy atom. The molecule has 6 heteroatoms. The van der Waals surface area contributed by atoms with Crippen LogP contribution in [0.25, 0.3) is 0 Å². The molecule has 1 aliphatic heterocycles. The number of amides is 2. The van der Waals surface area contributed by atoms with Gasteiger partial charge in [-0.3, -0.25) is 14.5 Å². The minimum Gasteiger partial charge on any atom is -0.269 e. The highest BCUT2D eigenvalue weighted by atomic mass is 32.2. The topological polar surface area (TPSA) is 71.5 Å². The van der Waals surface area contributed by atoms with E-state index in [1.165, 1.54) is 0 Å². The van der Waals surface area contributed by atoms with Crippen LogP contribution in [0.4, 0.5) is 0 Å². The van der Waals surface area contributed by atoms with Gasteiger partial charge in [-0.15, -0.1) is 0 Å². The zero-order valence-electron chi connectivity index (χ0n) is 10.4. The Balaban J connectivity index is 2.15. The molecule has 19 heavy (non-hydrogen) atoms. The molecule has 100 valence electrons. The van der Waals surface area contributed by atoms with E-state index in [1.807, 2.05) is 0 Å². The molecule has 0 N–H and O–H groups in total. The van der Waals surface area contributed by atoms with Gasteiger partial charge in [0.05, 0.1) is 11.1 Å². The Hall–Kier alpha value is -1.69. The zero-order chi connectivity index (χ0) is 13.8. The number of hydrogen-bond donors (Lipinski definition) is 0. The molecule has 5 nitrogen and oxygen atoms in total. The fourth-order valence-electron chi connectivity index (χ4n) is 2.80. The van der Waals surface area contributed by atoms with Crippen molar-refractivity contribution in [2.75, 3.05) is 6.26 Å². The molecule has 0 bridgehead atoms. The Bertz CT molecular complexity index is 653. The summed E-state index contributed by atoms with van der Waals surface area (Å²) in [4.78, 5) is 24.3. The van der Waals surface area contributed by atoms with Crippen molar-refractivity contribution < 1.29 is 18.0 Å². The quantitative estimate of drug-likeness (QED) is 0.763. The molecule has 1 aliphatic carbocycles. The lowest BCUT2D eigenvalue weighted by molar-refractivity contribution is 0.0425. The first-order valence-corrected chi connectivity index (χ1v) is 7.95. The first-order chi connectivity index (χ1) is 8.88. The van der Waals surface area contributed by atoms with Crippen molar-refractivity contribution in [3.8, 4) is 0 Å². The van der Waals surface area contributed by atoms with E-state index in [9.17, 15) is 18.0 Å². The van der Waals surface area contributed by atoms with Gasteiger partial charge in [-0.05, 0) is 31.4 Å². The molecule has 1 aromatic rings. The van der Waals surface area contributed by atoms with Crippen LogP contribution in [0.5, 0.6) is 0 Å². The van der Waals surface area contributed by atoms with Crippen LogP contribution in [-0.4, -0.2) is 36.3 Å². The molecule has 1 saturated carbocycles. The lowest BCUT2D eigenvalue weighted by Gasteiger charge is -2.45. The third-order valence-electron chi connectivity index (χ3n) is 4.03.